The second-order valence-corrected chi connectivity index (χ2v) is 4.61. The van der Waals surface area contributed by atoms with Gasteiger partial charge in [-0.1, -0.05) is 6.07 Å². The van der Waals surface area contributed by atoms with E-state index in [0.29, 0.717) is 12.1 Å². The van der Waals surface area contributed by atoms with E-state index in [1.54, 1.807) is 6.20 Å². The number of carbonyl (C=O) groups excluding carboxylic acids is 1. The van der Waals surface area contributed by atoms with Crippen molar-refractivity contribution in [2.75, 3.05) is 27.2 Å². The fraction of sp³-hybridized carbons (Fsp3) is 0.357. The lowest BCUT2D eigenvalue weighted by Crippen LogP contribution is -2.27. The lowest BCUT2D eigenvalue weighted by atomic mass is 10.1. The van der Waals surface area contributed by atoms with Crippen LogP contribution in [0.2, 0.25) is 0 Å². The summed E-state index contributed by atoms with van der Waals surface area (Å²) in [5.41, 5.74) is 1.62. The van der Waals surface area contributed by atoms with Crippen LogP contribution >= 0.6 is 0 Å². The fourth-order valence-corrected chi connectivity index (χ4v) is 1.82. The highest BCUT2D eigenvalue weighted by molar-refractivity contribution is 5.97. The Balaban J connectivity index is 1.92. The number of H-pyrrole nitrogens is 1. The lowest BCUT2D eigenvalue weighted by molar-refractivity contribution is 0.0952. The Kier molecular flexibility index (Phi) is 3.99. The molecule has 0 atom stereocenters. The predicted molar refractivity (Wildman–Crippen MR) is 72.6 cm³/mol. The minimum absolute atomic E-state index is 0.0229. The van der Waals surface area contributed by atoms with Crippen LogP contribution in [0.3, 0.4) is 0 Å². The maximum atomic E-state index is 11.9. The van der Waals surface area contributed by atoms with Crippen molar-refractivity contribution in [3.8, 4) is 0 Å². The number of aromatic nitrogens is 1. The molecule has 0 unspecified atom stereocenters. The summed E-state index contributed by atoms with van der Waals surface area (Å²) in [7, 11) is 4.05. The van der Waals surface area contributed by atoms with E-state index in [1.165, 1.54) is 0 Å². The van der Waals surface area contributed by atoms with E-state index in [4.69, 9.17) is 0 Å². The van der Waals surface area contributed by atoms with Crippen molar-refractivity contribution in [2.45, 2.75) is 6.42 Å². The van der Waals surface area contributed by atoms with Gasteiger partial charge in [-0.15, -0.1) is 0 Å². The van der Waals surface area contributed by atoms with E-state index in [-0.39, 0.29) is 5.91 Å². The van der Waals surface area contributed by atoms with Crippen LogP contribution in [0.15, 0.2) is 24.4 Å². The molecule has 0 aliphatic carbocycles. The monoisotopic (exact) mass is 244 g/mol. The third-order valence-corrected chi connectivity index (χ3v) is 2.80. The summed E-state index contributed by atoms with van der Waals surface area (Å²) in [5, 5.41) is 3.92. The van der Waals surface area contributed by atoms with Gasteiger partial charge in [0, 0.05) is 35.3 Å². The van der Waals surface area contributed by atoms with Gasteiger partial charge < -0.3 is 15.2 Å². The Morgan fingerprint density at radius 2 is 2.28 bits per heavy atom. The molecule has 4 heteroatoms. The molecule has 95 valence electrons. The molecule has 1 heterocycles. The first kappa shape index (κ1) is 12.6. The van der Waals surface area contributed by atoms with Gasteiger partial charge >= 0.3 is 0 Å². The van der Waals surface area contributed by atoms with Gasteiger partial charge in [0.15, 0.2) is 0 Å². The van der Waals surface area contributed by atoms with Gasteiger partial charge in [-0.3, -0.25) is 4.79 Å². The minimum Gasteiger partial charge on any atom is -0.361 e. The highest BCUT2D eigenvalue weighted by Gasteiger charge is 2.06. The third kappa shape index (κ3) is 3.11. The number of rotatable bonds is 5. The van der Waals surface area contributed by atoms with Gasteiger partial charge in [0.2, 0.25) is 0 Å². The molecule has 0 saturated heterocycles. The summed E-state index contributed by atoms with van der Waals surface area (Å²) in [4.78, 5) is 17.1. The maximum absolute atomic E-state index is 11.9. The van der Waals surface area contributed by atoms with E-state index >= 15 is 0 Å². The van der Waals surface area contributed by atoms with Crippen molar-refractivity contribution in [3.05, 3.63) is 36.0 Å². The van der Waals surface area contributed by atoms with Crippen LogP contribution in [0.25, 0.3) is 10.9 Å². The van der Waals surface area contributed by atoms with Crippen LogP contribution < -0.4 is 5.32 Å². The van der Waals surface area contributed by atoms with Crippen LogP contribution in [0.1, 0.15) is 16.8 Å². The van der Waals surface area contributed by atoms with Crippen LogP contribution in [0, 0.1) is 6.07 Å². The molecule has 18 heavy (non-hydrogen) atoms. The van der Waals surface area contributed by atoms with E-state index in [1.807, 2.05) is 32.3 Å². The van der Waals surface area contributed by atoms with Gasteiger partial charge in [0.05, 0.1) is 0 Å². The zero-order valence-corrected chi connectivity index (χ0v) is 10.8. The first-order valence-corrected chi connectivity index (χ1v) is 6.08. The zero-order valence-electron chi connectivity index (χ0n) is 10.8. The Bertz CT molecular complexity index is 531. The molecule has 2 rings (SSSR count). The van der Waals surface area contributed by atoms with Gasteiger partial charge in [-0.2, -0.15) is 0 Å². The highest BCUT2D eigenvalue weighted by atomic mass is 16.1. The van der Waals surface area contributed by atoms with E-state index in [0.717, 1.165) is 23.9 Å². The smallest absolute Gasteiger partial charge is 0.251 e. The first-order valence-electron chi connectivity index (χ1n) is 6.08. The number of benzene rings is 1. The molecule has 0 aliphatic heterocycles. The predicted octanol–water partition coefficient (Wildman–Crippen LogP) is 1.65. The number of aromatic amines is 1. The average Bonchev–Trinajstić information content (AvgIpc) is 2.81. The molecule has 0 aliphatic rings. The summed E-state index contributed by atoms with van der Waals surface area (Å²) < 4.78 is 0. The Hall–Kier alpha value is -1.81. The average molecular weight is 244 g/mol. The molecule has 2 N–H and O–H groups in total. The summed E-state index contributed by atoms with van der Waals surface area (Å²) in [6.45, 7) is 1.68. The van der Waals surface area contributed by atoms with Crippen molar-refractivity contribution in [1.82, 2.24) is 15.2 Å². The van der Waals surface area contributed by atoms with Gasteiger partial charge in [0.1, 0.15) is 0 Å². The molecule has 1 aromatic carbocycles. The quantitative estimate of drug-likeness (QED) is 0.786. The normalized spacial score (nSPS) is 11.1. The molecule has 0 bridgehead atoms. The summed E-state index contributed by atoms with van der Waals surface area (Å²) in [5.74, 6) is -0.0229. The van der Waals surface area contributed by atoms with Crippen molar-refractivity contribution in [1.29, 1.82) is 0 Å². The molecule has 1 aromatic heterocycles. The number of fused-ring (bicyclic) bond motifs is 1. The van der Waals surface area contributed by atoms with Crippen molar-refractivity contribution >= 4 is 16.8 Å². The van der Waals surface area contributed by atoms with Gasteiger partial charge in [-0.05, 0) is 39.2 Å². The Morgan fingerprint density at radius 3 is 3.06 bits per heavy atom. The number of hydrogen-bond acceptors (Lipinski definition) is 2. The molecule has 0 fully saturated rings. The third-order valence-electron chi connectivity index (χ3n) is 2.80. The first-order chi connectivity index (χ1) is 8.66. The molecule has 4 nitrogen and oxygen atoms in total. The topological polar surface area (TPSA) is 48.1 Å². The summed E-state index contributed by atoms with van der Waals surface area (Å²) in [6, 6.07) is 8.64. The standard InChI is InChI=1S/C14H18N3O/c1-17(2)9-3-7-16-14(18)12-5-4-11-6-8-15-13(11)10-12/h4-5,8,10,15H,3,7,9H2,1-2H3,(H,16,18). The van der Waals surface area contributed by atoms with Crippen molar-refractivity contribution in [3.63, 3.8) is 0 Å². The van der Waals surface area contributed by atoms with Crippen LogP contribution in [0.5, 0.6) is 0 Å². The fourth-order valence-electron chi connectivity index (χ4n) is 1.82. The van der Waals surface area contributed by atoms with E-state index in [2.05, 4.69) is 21.3 Å². The van der Waals surface area contributed by atoms with E-state index < -0.39 is 0 Å². The molecule has 1 amide bonds. The molecule has 0 spiro atoms. The van der Waals surface area contributed by atoms with Crippen LogP contribution in [0.4, 0.5) is 0 Å². The van der Waals surface area contributed by atoms with Gasteiger partial charge in [-0.25, -0.2) is 0 Å². The van der Waals surface area contributed by atoms with Crippen LogP contribution in [-0.2, 0) is 0 Å². The SMILES string of the molecule is CN(C)CCCNC(=O)c1ccc2[c]c[nH]c2c1. The number of amides is 1. The maximum Gasteiger partial charge on any atom is 0.251 e. The van der Waals surface area contributed by atoms with Crippen LogP contribution in [-0.4, -0.2) is 43.0 Å². The number of nitrogens with one attached hydrogen (secondary N) is 2. The van der Waals surface area contributed by atoms with E-state index in [9.17, 15) is 4.79 Å². The van der Waals surface area contributed by atoms with Gasteiger partial charge in [0.25, 0.3) is 5.91 Å². The molecular formula is C14H18N3O. The second-order valence-electron chi connectivity index (χ2n) is 4.61. The minimum atomic E-state index is -0.0229. The zero-order chi connectivity index (χ0) is 13.0. The number of hydrogen-bond donors (Lipinski definition) is 2. The Morgan fingerprint density at radius 1 is 1.44 bits per heavy atom. The number of carbonyl (C=O) groups is 1. The molecule has 1 radical (unpaired) electrons. The molecular weight excluding hydrogens is 226 g/mol. The number of nitrogens with zero attached hydrogens (tertiary/aromatic N) is 1. The van der Waals surface area contributed by atoms with Crippen molar-refractivity contribution < 1.29 is 4.79 Å². The lowest BCUT2D eigenvalue weighted by Gasteiger charge is -2.09. The largest absolute Gasteiger partial charge is 0.361 e. The molecule has 2 aromatic rings. The second kappa shape index (κ2) is 5.69. The summed E-state index contributed by atoms with van der Waals surface area (Å²) in [6.07, 6.45) is 2.71. The summed E-state index contributed by atoms with van der Waals surface area (Å²) >= 11 is 0. The Labute approximate surface area is 107 Å². The highest BCUT2D eigenvalue weighted by Crippen LogP contribution is 2.13. The molecule has 0 saturated carbocycles. The van der Waals surface area contributed by atoms with Crippen molar-refractivity contribution in [2.24, 2.45) is 0 Å².